The molecule has 3 unspecified atom stereocenters. The fourth-order valence-corrected chi connectivity index (χ4v) is 5.21. The summed E-state index contributed by atoms with van der Waals surface area (Å²) < 4.78 is 6.37. The monoisotopic (exact) mass is 382 g/mol. The molecule has 2 aliphatic carbocycles. The first-order chi connectivity index (χ1) is 13.7. The number of hydrogen-bond acceptors (Lipinski definition) is 3. The van der Waals surface area contributed by atoms with Crippen LogP contribution < -0.4 is 5.32 Å². The second-order valence-electron chi connectivity index (χ2n) is 9.10. The van der Waals surface area contributed by atoms with Crippen molar-refractivity contribution in [3.63, 3.8) is 0 Å². The summed E-state index contributed by atoms with van der Waals surface area (Å²) in [5.41, 5.74) is 2.00. The third kappa shape index (κ3) is 3.69. The van der Waals surface area contributed by atoms with E-state index in [1.54, 1.807) is 0 Å². The SMILES string of the molecule is O=C(Nc1cccc(C2CC3CN(C(=O)C4CCCC4)CCC3O2)c1)C1CC1. The van der Waals surface area contributed by atoms with E-state index >= 15 is 0 Å². The van der Waals surface area contributed by atoms with Gasteiger partial charge in [0, 0.05) is 36.5 Å². The van der Waals surface area contributed by atoms with Crippen LogP contribution in [0.5, 0.6) is 0 Å². The number of nitrogens with one attached hydrogen (secondary N) is 1. The molecule has 5 rings (SSSR count). The van der Waals surface area contributed by atoms with Crippen LogP contribution in [0.4, 0.5) is 5.69 Å². The maximum atomic E-state index is 12.8. The number of amides is 2. The summed E-state index contributed by atoms with van der Waals surface area (Å²) in [5, 5.41) is 3.04. The number of piperidine rings is 1. The molecule has 2 heterocycles. The van der Waals surface area contributed by atoms with Crippen LogP contribution in [0.3, 0.4) is 0 Å². The van der Waals surface area contributed by atoms with E-state index in [-0.39, 0.29) is 30.0 Å². The number of fused-ring (bicyclic) bond motifs is 1. The number of rotatable bonds is 4. The van der Waals surface area contributed by atoms with E-state index in [2.05, 4.69) is 22.3 Å². The molecule has 0 radical (unpaired) electrons. The summed E-state index contributed by atoms with van der Waals surface area (Å²) in [6.07, 6.45) is 8.79. The van der Waals surface area contributed by atoms with Gasteiger partial charge in [0.2, 0.25) is 11.8 Å². The first kappa shape index (κ1) is 18.2. The molecule has 2 aliphatic heterocycles. The fourth-order valence-electron chi connectivity index (χ4n) is 5.21. The third-order valence-corrected chi connectivity index (χ3v) is 7.01. The molecule has 5 heteroatoms. The van der Waals surface area contributed by atoms with E-state index < -0.39 is 0 Å². The van der Waals surface area contributed by atoms with Gasteiger partial charge in [-0.2, -0.15) is 0 Å². The first-order valence-corrected chi connectivity index (χ1v) is 11.0. The molecule has 1 aromatic carbocycles. The Morgan fingerprint density at radius 1 is 1.04 bits per heavy atom. The van der Waals surface area contributed by atoms with Gasteiger partial charge in [0.15, 0.2) is 0 Å². The van der Waals surface area contributed by atoms with Gasteiger partial charge in [-0.1, -0.05) is 25.0 Å². The Labute approximate surface area is 166 Å². The average Bonchev–Trinajstić information content (AvgIpc) is 3.26. The smallest absolute Gasteiger partial charge is 0.227 e. The number of benzene rings is 1. The molecule has 4 aliphatic rings. The number of carbonyl (C=O) groups excluding carboxylic acids is 2. The number of nitrogens with zero attached hydrogens (tertiary/aromatic N) is 1. The third-order valence-electron chi connectivity index (χ3n) is 7.01. The molecule has 3 atom stereocenters. The Morgan fingerprint density at radius 3 is 2.64 bits per heavy atom. The molecule has 150 valence electrons. The van der Waals surface area contributed by atoms with Crippen LogP contribution >= 0.6 is 0 Å². The highest BCUT2D eigenvalue weighted by Crippen LogP contribution is 2.42. The minimum Gasteiger partial charge on any atom is -0.370 e. The van der Waals surface area contributed by atoms with Gasteiger partial charge >= 0.3 is 0 Å². The molecule has 0 aromatic heterocycles. The van der Waals surface area contributed by atoms with Crippen molar-refractivity contribution in [3.05, 3.63) is 29.8 Å². The first-order valence-electron chi connectivity index (χ1n) is 11.0. The van der Waals surface area contributed by atoms with Crippen molar-refractivity contribution in [2.45, 2.75) is 63.6 Å². The van der Waals surface area contributed by atoms with Crippen molar-refractivity contribution in [1.29, 1.82) is 0 Å². The molecule has 4 fully saturated rings. The molecule has 28 heavy (non-hydrogen) atoms. The molecule has 0 spiro atoms. The van der Waals surface area contributed by atoms with Crippen LogP contribution in [-0.2, 0) is 14.3 Å². The molecule has 1 N–H and O–H groups in total. The van der Waals surface area contributed by atoms with E-state index in [0.29, 0.717) is 11.8 Å². The van der Waals surface area contributed by atoms with E-state index in [0.717, 1.165) is 62.9 Å². The van der Waals surface area contributed by atoms with Gasteiger partial charge < -0.3 is 15.0 Å². The van der Waals surface area contributed by atoms with E-state index in [1.807, 2.05) is 12.1 Å². The quantitative estimate of drug-likeness (QED) is 0.859. The van der Waals surface area contributed by atoms with Crippen LogP contribution in [0.1, 0.15) is 63.0 Å². The molecule has 2 amide bonds. The second kappa shape index (κ2) is 7.51. The number of carbonyl (C=O) groups is 2. The van der Waals surface area contributed by atoms with Crippen molar-refractivity contribution in [3.8, 4) is 0 Å². The maximum Gasteiger partial charge on any atom is 0.227 e. The van der Waals surface area contributed by atoms with E-state index in [9.17, 15) is 9.59 Å². The summed E-state index contributed by atoms with van der Waals surface area (Å²) >= 11 is 0. The van der Waals surface area contributed by atoms with Crippen molar-refractivity contribution in [1.82, 2.24) is 4.90 Å². The van der Waals surface area contributed by atoms with Crippen LogP contribution in [0, 0.1) is 17.8 Å². The van der Waals surface area contributed by atoms with Crippen LogP contribution in [-0.4, -0.2) is 35.9 Å². The van der Waals surface area contributed by atoms with E-state index in [4.69, 9.17) is 4.74 Å². The summed E-state index contributed by atoms with van der Waals surface area (Å²) in [4.78, 5) is 26.9. The predicted molar refractivity (Wildman–Crippen MR) is 107 cm³/mol. The molecular formula is C23H30N2O3. The van der Waals surface area contributed by atoms with Gasteiger partial charge in [0.25, 0.3) is 0 Å². The minimum atomic E-state index is 0.0642. The molecule has 0 bridgehead atoms. The number of likely N-dealkylation sites (tertiary alicyclic amines) is 1. The summed E-state index contributed by atoms with van der Waals surface area (Å²) in [6.45, 7) is 1.68. The highest BCUT2D eigenvalue weighted by molar-refractivity contribution is 5.94. The highest BCUT2D eigenvalue weighted by atomic mass is 16.5. The van der Waals surface area contributed by atoms with Gasteiger partial charge in [-0.15, -0.1) is 0 Å². The molecule has 1 aromatic rings. The lowest BCUT2D eigenvalue weighted by Crippen LogP contribution is -2.46. The Morgan fingerprint density at radius 2 is 1.86 bits per heavy atom. The summed E-state index contributed by atoms with van der Waals surface area (Å²) in [5.74, 6) is 1.41. The zero-order valence-corrected chi connectivity index (χ0v) is 16.4. The van der Waals surface area contributed by atoms with Gasteiger partial charge in [-0.3, -0.25) is 9.59 Å². The number of anilines is 1. The van der Waals surface area contributed by atoms with Crippen LogP contribution in [0.25, 0.3) is 0 Å². The highest BCUT2D eigenvalue weighted by Gasteiger charge is 2.42. The lowest BCUT2D eigenvalue weighted by molar-refractivity contribution is -0.138. The average molecular weight is 383 g/mol. The van der Waals surface area contributed by atoms with Gasteiger partial charge in [0.1, 0.15) is 0 Å². The molecule has 5 nitrogen and oxygen atoms in total. The Bertz CT molecular complexity index is 754. The van der Waals surface area contributed by atoms with Crippen LogP contribution in [0.2, 0.25) is 0 Å². The van der Waals surface area contributed by atoms with Crippen molar-refractivity contribution in [2.75, 3.05) is 18.4 Å². The lowest BCUT2D eigenvalue weighted by atomic mass is 9.90. The van der Waals surface area contributed by atoms with E-state index in [1.165, 1.54) is 12.8 Å². The summed E-state index contributed by atoms with van der Waals surface area (Å²) in [7, 11) is 0. The topological polar surface area (TPSA) is 58.6 Å². The number of ether oxygens (including phenoxy) is 1. The Hall–Kier alpha value is -1.88. The molecule has 2 saturated carbocycles. The minimum absolute atomic E-state index is 0.0642. The van der Waals surface area contributed by atoms with Crippen LogP contribution in [0.15, 0.2) is 24.3 Å². The zero-order valence-electron chi connectivity index (χ0n) is 16.4. The number of hydrogen-bond donors (Lipinski definition) is 1. The van der Waals surface area contributed by atoms with Gasteiger partial charge in [-0.05, 0) is 56.2 Å². The summed E-state index contributed by atoms with van der Waals surface area (Å²) in [6, 6.07) is 8.10. The van der Waals surface area contributed by atoms with Crippen molar-refractivity contribution < 1.29 is 14.3 Å². The Kier molecular flexibility index (Phi) is 4.87. The van der Waals surface area contributed by atoms with Gasteiger partial charge in [-0.25, -0.2) is 0 Å². The van der Waals surface area contributed by atoms with Crippen molar-refractivity contribution >= 4 is 17.5 Å². The largest absolute Gasteiger partial charge is 0.370 e. The standard InChI is InChI=1S/C23H30N2O3/c26-22(15-8-9-15)24-19-7-3-6-17(12-19)21-13-18-14-25(11-10-20(18)28-21)23(27)16-4-1-2-5-16/h3,6-7,12,15-16,18,20-21H,1-2,4-5,8-11,13-14H2,(H,24,26). The normalized spacial score (nSPS) is 30.3. The lowest BCUT2D eigenvalue weighted by Gasteiger charge is -2.35. The van der Waals surface area contributed by atoms with Gasteiger partial charge in [0.05, 0.1) is 12.2 Å². The van der Waals surface area contributed by atoms with Crippen molar-refractivity contribution in [2.24, 2.45) is 17.8 Å². The fraction of sp³-hybridized carbons (Fsp3) is 0.652. The molecular weight excluding hydrogens is 352 g/mol. The molecule has 2 saturated heterocycles. The Balaban J connectivity index is 1.22. The zero-order chi connectivity index (χ0) is 19.1. The predicted octanol–water partition coefficient (Wildman–Crippen LogP) is 3.90. The maximum absolute atomic E-state index is 12.8. The second-order valence-corrected chi connectivity index (χ2v) is 9.10.